The van der Waals surface area contributed by atoms with Gasteiger partial charge in [0.25, 0.3) is 0 Å². The molecule has 0 N–H and O–H groups in total. The summed E-state index contributed by atoms with van der Waals surface area (Å²) in [6.07, 6.45) is 0. The van der Waals surface area contributed by atoms with Crippen LogP contribution in [0.3, 0.4) is 0 Å². The number of carbonyl (C=O) groups excluding carboxylic acids is 1. The Hall–Kier alpha value is 0.623. The zero-order valence-electron chi connectivity index (χ0n) is 11.4. The van der Waals surface area contributed by atoms with Crippen LogP contribution in [0.15, 0.2) is 9.62 Å². The van der Waals surface area contributed by atoms with Crippen molar-refractivity contribution < 1.29 is 9.53 Å². The van der Waals surface area contributed by atoms with Crippen LogP contribution in [0.25, 0.3) is 0 Å². The van der Waals surface area contributed by atoms with Crippen molar-refractivity contribution in [2.24, 2.45) is 0 Å². The van der Waals surface area contributed by atoms with Gasteiger partial charge in [0, 0.05) is 0 Å². The molecule has 0 spiro atoms. The molecule has 0 saturated heterocycles. The number of rotatable bonds is 8. The van der Waals surface area contributed by atoms with Gasteiger partial charge in [0.05, 0.1) is 0 Å². The van der Waals surface area contributed by atoms with E-state index in [1.165, 1.54) is 0 Å². The average molecular weight is 376 g/mol. The quantitative estimate of drug-likeness (QED) is 0.261. The van der Waals surface area contributed by atoms with Crippen LogP contribution in [0.1, 0.15) is 27.7 Å². The predicted octanol–water partition coefficient (Wildman–Crippen LogP) is 4.89. The predicted molar refractivity (Wildman–Crippen MR) is 82.2 cm³/mol. The standard InChI is InChI=1S/C12H21Cl3GeO2/c1-5-16(6-2,7-3)9(10(17)11(13)14)12(15)18-8-4/h11H,5-8H2,1-4H3/b12-9-. The Morgan fingerprint density at radius 1 is 1.11 bits per heavy atom. The first kappa shape index (κ1) is 18.6. The number of ether oxygens (including phenoxy) is 1. The van der Waals surface area contributed by atoms with Gasteiger partial charge in [0.2, 0.25) is 0 Å². The molecule has 0 fully saturated rings. The molecule has 0 aliphatic carbocycles. The number of halogens is 3. The van der Waals surface area contributed by atoms with E-state index in [4.69, 9.17) is 39.5 Å². The van der Waals surface area contributed by atoms with E-state index in [-0.39, 0.29) is 11.0 Å². The van der Waals surface area contributed by atoms with Crippen molar-refractivity contribution in [2.75, 3.05) is 6.61 Å². The van der Waals surface area contributed by atoms with Gasteiger partial charge in [-0.05, 0) is 0 Å². The fourth-order valence-electron chi connectivity index (χ4n) is 2.16. The Labute approximate surface area is 127 Å². The molecule has 0 heterocycles. The zero-order chi connectivity index (χ0) is 14.3. The molecule has 18 heavy (non-hydrogen) atoms. The van der Waals surface area contributed by atoms with Gasteiger partial charge in [0.1, 0.15) is 0 Å². The van der Waals surface area contributed by atoms with E-state index in [2.05, 4.69) is 20.8 Å². The van der Waals surface area contributed by atoms with Gasteiger partial charge in [-0.3, -0.25) is 0 Å². The van der Waals surface area contributed by atoms with Gasteiger partial charge < -0.3 is 0 Å². The number of hydrogen-bond acceptors (Lipinski definition) is 2. The van der Waals surface area contributed by atoms with Crippen LogP contribution in [-0.4, -0.2) is 30.5 Å². The molecule has 0 unspecified atom stereocenters. The van der Waals surface area contributed by atoms with Crippen molar-refractivity contribution in [3.8, 4) is 0 Å². The molecule has 0 rings (SSSR count). The number of hydrogen-bond donors (Lipinski definition) is 0. The normalized spacial score (nSPS) is 13.6. The minimum absolute atomic E-state index is 0.208. The molecule has 0 aromatic heterocycles. The van der Waals surface area contributed by atoms with E-state index >= 15 is 0 Å². The van der Waals surface area contributed by atoms with Gasteiger partial charge >= 0.3 is 128 Å². The van der Waals surface area contributed by atoms with Gasteiger partial charge in [-0.2, -0.15) is 0 Å². The zero-order valence-corrected chi connectivity index (χ0v) is 15.7. The monoisotopic (exact) mass is 376 g/mol. The molecule has 0 bridgehead atoms. The third-order valence-corrected chi connectivity index (χ3v) is 16.2. The number of Topliss-reactive ketones (excluding diaryl/α,β-unsaturated/α-hetero) is 1. The van der Waals surface area contributed by atoms with Gasteiger partial charge in [-0.25, -0.2) is 0 Å². The fourth-order valence-corrected chi connectivity index (χ4v) is 11.8. The summed E-state index contributed by atoms with van der Waals surface area (Å²) in [5.41, 5.74) is 0. The van der Waals surface area contributed by atoms with Crippen LogP contribution in [0, 0.1) is 0 Å². The van der Waals surface area contributed by atoms with Crippen molar-refractivity contribution in [3.63, 3.8) is 0 Å². The number of allylic oxidation sites excluding steroid dienone is 1. The van der Waals surface area contributed by atoms with Gasteiger partial charge in [-0.1, -0.05) is 0 Å². The van der Waals surface area contributed by atoms with E-state index in [0.29, 0.717) is 11.0 Å². The number of alkyl halides is 2. The Morgan fingerprint density at radius 2 is 1.56 bits per heavy atom. The topological polar surface area (TPSA) is 26.3 Å². The maximum absolute atomic E-state index is 12.2. The second-order valence-electron chi connectivity index (χ2n) is 4.09. The number of ketones is 1. The van der Waals surface area contributed by atoms with E-state index in [0.717, 1.165) is 15.8 Å². The first-order chi connectivity index (χ1) is 8.40. The molecule has 0 aliphatic rings. The van der Waals surface area contributed by atoms with Crippen LogP contribution < -0.4 is 0 Å². The SMILES string of the molecule is CCO/C(Cl)=[C](/C(=O)C(Cl)Cl)[Ge]([CH2]C)([CH2]C)[CH2]C. The van der Waals surface area contributed by atoms with E-state index in [1.807, 2.05) is 6.92 Å². The summed E-state index contributed by atoms with van der Waals surface area (Å²) in [5.74, 6) is -0.276. The molecule has 0 aromatic carbocycles. The Kier molecular flexibility index (Phi) is 9.03. The average Bonchev–Trinajstić information content (AvgIpc) is 2.35. The summed E-state index contributed by atoms with van der Waals surface area (Å²) in [4.78, 5) is 11.2. The molecule has 0 radical (unpaired) electrons. The van der Waals surface area contributed by atoms with Crippen LogP contribution in [0.5, 0.6) is 0 Å². The Balaban J connectivity index is 5.74. The summed E-state index contributed by atoms with van der Waals surface area (Å²) in [7, 11) is 0. The Morgan fingerprint density at radius 3 is 1.83 bits per heavy atom. The fraction of sp³-hybridized carbons (Fsp3) is 0.750. The van der Waals surface area contributed by atoms with Crippen molar-refractivity contribution >= 4 is 53.9 Å². The summed E-state index contributed by atoms with van der Waals surface area (Å²) in [6.45, 7) is 8.58. The number of carbonyl (C=O) groups is 1. The molecule has 0 amide bonds. The van der Waals surface area contributed by atoms with Crippen molar-refractivity contribution in [1.82, 2.24) is 0 Å². The van der Waals surface area contributed by atoms with Crippen LogP contribution in [0.2, 0.25) is 15.8 Å². The van der Waals surface area contributed by atoms with Crippen molar-refractivity contribution in [3.05, 3.63) is 9.62 Å². The second kappa shape index (κ2) is 8.73. The molecule has 0 atom stereocenters. The molecular formula is C12H21Cl3GeO2. The third kappa shape index (κ3) is 4.33. The summed E-state index contributed by atoms with van der Waals surface area (Å²) < 4.78 is 5.95. The van der Waals surface area contributed by atoms with Crippen molar-refractivity contribution in [2.45, 2.75) is 48.3 Å². The first-order valence-electron chi connectivity index (χ1n) is 6.25. The third-order valence-electron chi connectivity index (χ3n) is 3.47. The van der Waals surface area contributed by atoms with E-state index in [9.17, 15) is 4.79 Å². The molecule has 106 valence electrons. The van der Waals surface area contributed by atoms with E-state index < -0.39 is 18.1 Å². The first-order valence-corrected chi connectivity index (χ1v) is 13.0. The van der Waals surface area contributed by atoms with Crippen LogP contribution in [-0.2, 0) is 9.53 Å². The molecule has 0 saturated carbocycles. The second-order valence-corrected chi connectivity index (χ2v) is 16.4. The van der Waals surface area contributed by atoms with Gasteiger partial charge in [0.15, 0.2) is 0 Å². The molecule has 2 nitrogen and oxygen atoms in total. The Bertz CT molecular complexity index is 304. The van der Waals surface area contributed by atoms with Gasteiger partial charge in [-0.15, -0.1) is 0 Å². The van der Waals surface area contributed by atoms with E-state index in [1.54, 1.807) is 0 Å². The summed E-state index contributed by atoms with van der Waals surface area (Å²) in [5, 5.41) is 3.12. The summed E-state index contributed by atoms with van der Waals surface area (Å²) in [6, 6.07) is 0. The minimum atomic E-state index is -2.54. The van der Waals surface area contributed by atoms with Crippen LogP contribution in [0.4, 0.5) is 0 Å². The maximum atomic E-state index is 12.2. The molecular weight excluding hydrogens is 355 g/mol. The molecule has 0 aromatic rings. The summed E-state index contributed by atoms with van der Waals surface area (Å²) >= 11 is 15.1. The van der Waals surface area contributed by atoms with Crippen LogP contribution >= 0.6 is 34.8 Å². The van der Waals surface area contributed by atoms with Crippen molar-refractivity contribution in [1.29, 1.82) is 0 Å². The molecule has 0 aliphatic heterocycles. The molecule has 6 heteroatoms.